The lowest BCUT2D eigenvalue weighted by Gasteiger charge is -2.33. The zero-order valence-corrected chi connectivity index (χ0v) is 19.4. The van der Waals surface area contributed by atoms with Gasteiger partial charge >= 0.3 is 0 Å². The molecule has 5 rings (SSSR count). The summed E-state index contributed by atoms with van der Waals surface area (Å²) in [6.45, 7) is 1.40. The van der Waals surface area contributed by atoms with E-state index in [0.717, 1.165) is 31.4 Å². The second kappa shape index (κ2) is 9.88. The van der Waals surface area contributed by atoms with Gasteiger partial charge in [0.05, 0.1) is 11.5 Å². The van der Waals surface area contributed by atoms with Gasteiger partial charge in [0, 0.05) is 31.3 Å². The minimum Gasteiger partial charge on any atom is -0.342 e. The van der Waals surface area contributed by atoms with Gasteiger partial charge in [0.25, 0.3) is 5.56 Å². The second-order valence-corrected chi connectivity index (χ2v) is 9.19. The van der Waals surface area contributed by atoms with E-state index in [9.17, 15) is 23.2 Å². The smallest absolute Gasteiger partial charge is 0.258 e. The number of halogens is 2. The SMILES string of the molecule is O=C1C[C@H](C(=O)Nc2ccc(F)c(F)c2)c2c(nc(N3CCC(Cc4ccccc4)CC3)[nH]c2=O)N1. The number of rotatable bonds is 5. The lowest BCUT2D eigenvalue weighted by atomic mass is 9.90. The second-order valence-electron chi connectivity index (χ2n) is 9.19. The molecule has 3 aromatic rings. The standard InChI is InChI=1S/C26H25F2N5O3/c27-19-7-6-17(13-20(19)28)29-24(35)18-14-21(34)30-23-22(18)25(36)32-26(31-23)33-10-8-16(9-11-33)12-15-4-2-1-3-5-15/h1-7,13,16,18H,8-12,14H2,(H,29,35)(H2,30,31,32,34,36)/t18-/m0/s1. The molecule has 1 aromatic heterocycles. The fraction of sp³-hybridized carbons (Fsp3) is 0.308. The first-order chi connectivity index (χ1) is 17.4. The Labute approximate surface area is 205 Å². The van der Waals surface area contributed by atoms with Gasteiger partial charge in [-0.3, -0.25) is 19.4 Å². The number of aromatic nitrogens is 2. The number of hydrogen-bond donors (Lipinski definition) is 3. The van der Waals surface area contributed by atoms with Crippen molar-refractivity contribution in [3.8, 4) is 0 Å². The Bertz CT molecular complexity index is 1350. The highest BCUT2D eigenvalue weighted by Gasteiger charge is 2.35. The Kier molecular flexibility index (Phi) is 6.49. The number of benzene rings is 2. The van der Waals surface area contributed by atoms with Crippen molar-refractivity contribution in [2.75, 3.05) is 28.6 Å². The van der Waals surface area contributed by atoms with Crippen LogP contribution in [0.3, 0.4) is 0 Å². The summed E-state index contributed by atoms with van der Waals surface area (Å²) in [5, 5.41) is 5.06. The van der Waals surface area contributed by atoms with E-state index in [1.165, 1.54) is 11.6 Å². The van der Waals surface area contributed by atoms with Gasteiger partial charge in [0.2, 0.25) is 17.8 Å². The van der Waals surface area contributed by atoms with Crippen molar-refractivity contribution in [1.29, 1.82) is 0 Å². The van der Waals surface area contributed by atoms with Gasteiger partial charge in [-0.25, -0.2) is 8.78 Å². The van der Waals surface area contributed by atoms with Gasteiger partial charge in [-0.05, 0) is 42.9 Å². The fourth-order valence-electron chi connectivity index (χ4n) is 4.83. The highest BCUT2D eigenvalue weighted by atomic mass is 19.2. The van der Waals surface area contributed by atoms with Crippen LogP contribution < -0.4 is 21.1 Å². The predicted molar refractivity (Wildman–Crippen MR) is 131 cm³/mol. The lowest BCUT2D eigenvalue weighted by Crippen LogP contribution is -2.40. The third kappa shape index (κ3) is 4.98. The molecule has 36 heavy (non-hydrogen) atoms. The number of nitrogens with zero attached hydrogens (tertiary/aromatic N) is 2. The van der Waals surface area contributed by atoms with Crippen molar-refractivity contribution in [2.24, 2.45) is 5.92 Å². The summed E-state index contributed by atoms with van der Waals surface area (Å²) < 4.78 is 26.7. The average Bonchev–Trinajstić information content (AvgIpc) is 2.86. The molecule has 0 saturated carbocycles. The van der Waals surface area contributed by atoms with Crippen LogP contribution in [0.4, 0.5) is 26.2 Å². The summed E-state index contributed by atoms with van der Waals surface area (Å²) in [7, 11) is 0. The van der Waals surface area contributed by atoms with Crippen molar-refractivity contribution < 1.29 is 18.4 Å². The molecule has 8 nitrogen and oxygen atoms in total. The van der Waals surface area contributed by atoms with Gasteiger partial charge in [0.1, 0.15) is 5.82 Å². The molecule has 2 aliphatic heterocycles. The summed E-state index contributed by atoms with van der Waals surface area (Å²) >= 11 is 0. The summed E-state index contributed by atoms with van der Waals surface area (Å²) in [6, 6.07) is 13.2. The van der Waals surface area contributed by atoms with Crippen molar-refractivity contribution in [3.05, 3.63) is 81.6 Å². The third-order valence-electron chi connectivity index (χ3n) is 6.72. The van der Waals surface area contributed by atoms with Gasteiger partial charge in [-0.15, -0.1) is 0 Å². The van der Waals surface area contributed by atoms with E-state index in [0.29, 0.717) is 25.0 Å². The number of fused-ring (bicyclic) bond motifs is 1. The van der Waals surface area contributed by atoms with Crippen LogP contribution in [0.5, 0.6) is 0 Å². The molecular weight excluding hydrogens is 468 g/mol. The summed E-state index contributed by atoms with van der Waals surface area (Å²) in [6.07, 6.45) is 2.59. The Balaban J connectivity index is 1.32. The van der Waals surface area contributed by atoms with Crippen molar-refractivity contribution in [1.82, 2.24) is 9.97 Å². The van der Waals surface area contributed by atoms with Crippen LogP contribution in [0.25, 0.3) is 0 Å². The van der Waals surface area contributed by atoms with Gasteiger partial charge in [0.15, 0.2) is 11.6 Å². The highest BCUT2D eigenvalue weighted by molar-refractivity contribution is 6.04. The van der Waals surface area contributed by atoms with E-state index >= 15 is 0 Å². The summed E-state index contributed by atoms with van der Waals surface area (Å²) in [5.41, 5.74) is 0.835. The Morgan fingerprint density at radius 1 is 1.06 bits per heavy atom. The number of nitrogens with one attached hydrogen (secondary N) is 3. The lowest BCUT2D eigenvalue weighted by molar-refractivity contribution is -0.123. The number of amides is 2. The Morgan fingerprint density at radius 3 is 2.53 bits per heavy atom. The minimum absolute atomic E-state index is 0.0193. The van der Waals surface area contributed by atoms with E-state index < -0.39 is 34.9 Å². The molecule has 0 bridgehead atoms. The summed E-state index contributed by atoms with van der Waals surface area (Å²) in [4.78, 5) is 47.5. The molecule has 186 valence electrons. The fourth-order valence-corrected chi connectivity index (χ4v) is 4.83. The molecule has 2 aliphatic rings. The van der Waals surface area contributed by atoms with Crippen molar-refractivity contribution in [3.63, 3.8) is 0 Å². The van der Waals surface area contributed by atoms with Crippen LogP contribution in [-0.4, -0.2) is 34.9 Å². The van der Waals surface area contributed by atoms with E-state index in [1.807, 2.05) is 23.1 Å². The maximum Gasteiger partial charge on any atom is 0.258 e. The van der Waals surface area contributed by atoms with Gasteiger partial charge in [-0.1, -0.05) is 30.3 Å². The van der Waals surface area contributed by atoms with Gasteiger partial charge in [-0.2, -0.15) is 4.98 Å². The molecule has 3 heterocycles. The first-order valence-electron chi connectivity index (χ1n) is 11.9. The molecule has 1 fully saturated rings. The van der Waals surface area contributed by atoms with E-state index in [1.54, 1.807) is 0 Å². The number of piperidine rings is 1. The number of carbonyl (C=O) groups excluding carboxylic acids is 2. The van der Waals surface area contributed by atoms with E-state index in [-0.39, 0.29) is 23.5 Å². The monoisotopic (exact) mass is 493 g/mol. The van der Waals surface area contributed by atoms with Crippen molar-refractivity contribution >= 4 is 29.3 Å². The molecule has 3 N–H and O–H groups in total. The van der Waals surface area contributed by atoms with E-state index in [2.05, 4.69) is 32.7 Å². The van der Waals surface area contributed by atoms with Crippen LogP contribution in [0.2, 0.25) is 0 Å². The number of anilines is 3. The molecule has 2 amide bonds. The maximum absolute atomic E-state index is 13.5. The third-order valence-corrected chi connectivity index (χ3v) is 6.72. The maximum atomic E-state index is 13.5. The number of carbonyl (C=O) groups is 2. The van der Waals surface area contributed by atoms with Crippen LogP contribution in [0.15, 0.2) is 53.3 Å². The Hall–Kier alpha value is -4.08. The van der Waals surface area contributed by atoms with Crippen LogP contribution in [-0.2, 0) is 16.0 Å². The number of hydrogen-bond acceptors (Lipinski definition) is 5. The van der Waals surface area contributed by atoms with Crippen LogP contribution in [0.1, 0.15) is 36.3 Å². The van der Waals surface area contributed by atoms with Crippen LogP contribution >= 0.6 is 0 Å². The Morgan fingerprint density at radius 2 is 1.81 bits per heavy atom. The first kappa shape index (κ1) is 23.7. The quantitative estimate of drug-likeness (QED) is 0.504. The summed E-state index contributed by atoms with van der Waals surface area (Å²) in [5.74, 6) is -3.52. The highest BCUT2D eigenvalue weighted by Crippen LogP contribution is 2.31. The molecule has 10 heteroatoms. The first-order valence-corrected chi connectivity index (χ1v) is 11.9. The number of H-pyrrole nitrogens is 1. The topological polar surface area (TPSA) is 107 Å². The zero-order valence-electron chi connectivity index (χ0n) is 19.4. The molecule has 2 aromatic carbocycles. The normalized spacial score (nSPS) is 17.9. The molecule has 0 aliphatic carbocycles. The average molecular weight is 494 g/mol. The van der Waals surface area contributed by atoms with Crippen LogP contribution in [0, 0.1) is 17.6 Å². The molecule has 0 unspecified atom stereocenters. The van der Waals surface area contributed by atoms with Gasteiger partial charge < -0.3 is 15.5 Å². The number of aromatic amines is 1. The zero-order chi connectivity index (χ0) is 25.2. The van der Waals surface area contributed by atoms with Crippen molar-refractivity contribution in [2.45, 2.75) is 31.6 Å². The minimum atomic E-state index is -1.12. The predicted octanol–water partition coefficient (Wildman–Crippen LogP) is 3.57. The largest absolute Gasteiger partial charge is 0.342 e. The molecule has 1 atom stereocenters. The molecule has 0 spiro atoms. The molecular formula is C26H25F2N5O3. The van der Waals surface area contributed by atoms with E-state index in [4.69, 9.17) is 0 Å². The molecule has 1 saturated heterocycles. The molecule has 0 radical (unpaired) electrons.